The van der Waals surface area contributed by atoms with Gasteiger partial charge in [-0.05, 0) is 25.0 Å². The Morgan fingerprint density at radius 2 is 1.25 bits per heavy atom. The first kappa shape index (κ1) is 5.79. The minimum Gasteiger partial charge on any atom is -0.386 e. The maximum Gasteiger partial charge on any atom is 0.105 e. The van der Waals surface area contributed by atoms with Crippen LogP contribution in [0.1, 0.15) is 13.8 Å². The highest BCUT2D eigenvalue weighted by atomic mass is 16.3. The topological polar surface area (TPSA) is 40.5 Å². The van der Waals surface area contributed by atoms with E-state index < -0.39 is 12.2 Å². The average Bonchev–Trinajstić information content (AvgIpc) is 1.83. The van der Waals surface area contributed by atoms with Gasteiger partial charge in [0.1, 0.15) is 12.2 Å². The highest BCUT2D eigenvalue weighted by Gasteiger charge is 2.31. The largest absolute Gasteiger partial charge is 0.386 e. The van der Waals surface area contributed by atoms with E-state index in [9.17, 15) is 0 Å². The van der Waals surface area contributed by atoms with Gasteiger partial charge in [0.15, 0.2) is 0 Å². The van der Waals surface area contributed by atoms with Crippen molar-refractivity contribution in [2.75, 3.05) is 0 Å². The van der Waals surface area contributed by atoms with Crippen molar-refractivity contribution in [2.45, 2.75) is 26.1 Å². The Hall–Kier alpha value is -0.340. The standard InChI is InChI=1S/C6H10O2/c1-3-4(2)6(8)5(3)7/h5-8H,1-2H3. The summed E-state index contributed by atoms with van der Waals surface area (Å²) in [7, 11) is 0. The summed E-state index contributed by atoms with van der Waals surface area (Å²) in [6, 6.07) is 0. The summed E-state index contributed by atoms with van der Waals surface area (Å²) < 4.78 is 0. The Balaban J connectivity index is 2.74. The van der Waals surface area contributed by atoms with Gasteiger partial charge < -0.3 is 10.2 Å². The van der Waals surface area contributed by atoms with Crippen molar-refractivity contribution in [3.05, 3.63) is 11.1 Å². The molecule has 2 nitrogen and oxygen atoms in total. The van der Waals surface area contributed by atoms with Gasteiger partial charge in [0.2, 0.25) is 0 Å². The summed E-state index contributed by atoms with van der Waals surface area (Å²) >= 11 is 0. The highest BCUT2D eigenvalue weighted by molar-refractivity contribution is 5.31. The van der Waals surface area contributed by atoms with Crippen molar-refractivity contribution in [1.29, 1.82) is 0 Å². The third kappa shape index (κ3) is 0.501. The van der Waals surface area contributed by atoms with E-state index in [4.69, 9.17) is 10.2 Å². The quantitative estimate of drug-likeness (QED) is 0.437. The van der Waals surface area contributed by atoms with Gasteiger partial charge in [0, 0.05) is 0 Å². The minimum absolute atomic E-state index is 0.588. The molecule has 0 spiro atoms. The van der Waals surface area contributed by atoms with Crippen molar-refractivity contribution in [3.63, 3.8) is 0 Å². The molecular formula is C6H10O2. The molecule has 2 heteroatoms. The van der Waals surface area contributed by atoms with Gasteiger partial charge in [-0.1, -0.05) is 0 Å². The lowest BCUT2D eigenvalue weighted by atomic mass is 9.85. The Labute approximate surface area is 48.5 Å². The zero-order valence-electron chi connectivity index (χ0n) is 5.05. The molecule has 0 aromatic rings. The molecule has 2 atom stereocenters. The van der Waals surface area contributed by atoms with Crippen LogP contribution < -0.4 is 0 Å². The molecule has 0 aliphatic heterocycles. The number of rotatable bonds is 0. The molecule has 2 unspecified atom stereocenters. The van der Waals surface area contributed by atoms with Gasteiger partial charge in [-0.2, -0.15) is 0 Å². The number of hydrogen-bond donors (Lipinski definition) is 2. The first-order chi connectivity index (χ1) is 3.64. The highest BCUT2D eigenvalue weighted by Crippen LogP contribution is 2.27. The van der Waals surface area contributed by atoms with Crippen molar-refractivity contribution >= 4 is 0 Å². The molecule has 1 rings (SSSR count). The second kappa shape index (κ2) is 1.57. The van der Waals surface area contributed by atoms with Crippen molar-refractivity contribution < 1.29 is 10.2 Å². The summed E-state index contributed by atoms with van der Waals surface area (Å²) in [5.74, 6) is 0. The van der Waals surface area contributed by atoms with Gasteiger partial charge in [0.25, 0.3) is 0 Å². The Kier molecular flexibility index (Phi) is 1.14. The molecule has 0 fully saturated rings. The molecule has 0 amide bonds. The molecule has 0 radical (unpaired) electrons. The summed E-state index contributed by atoms with van der Waals surface area (Å²) in [6.07, 6.45) is -1.18. The Bertz CT molecular complexity index is 121. The monoisotopic (exact) mass is 114 g/mol. The van der Waals surface area contributed by atoms with Crippen LogP contribution in [0.5, 0.6) is 0 Å². The van der Waals surface area contributed by atoms with Crippen molar-refractivity contribution in [1.82, 2.24) is 0 Å². The molecule has 46 valence electrons. The second-order valence-electron chi connectivity index (χ2n) is 2.26. The predicted octanol–water partition coefficient (Wildman–Crippen LogP) is 0.0582. The predicted molar refractivity (Wildman–Crippen MR) is 30.4 cm³/mol. The van der Waals surface area contributed by atoms with Crippen molar-refractivity contribution in [2.24, 2.45) is 0 Å². The van der Waals surface area contributed by atoms with E-state index in [-0.39, 0.29) is 0 Å². The molecule has 1 aliphatic rings. The summed E-state index contributed by atoms with van der Waals surface area (Å²) in [4.78, 5) is 0. The SMILES string of the molecule is CC1=C(C)C(O)C1O. The van der Waals surface area contributed by atoms with Crippen LogP contribution in [0.25, 0.3) is 0 Å². The molecule has 0 bridgehead atoms. The van der Waals surface area contributed by atoms with Gasteiger partial charge in [-0.25, -0.2) is 0 Å². The van der Waals surface area contributed by atoms with Gasteiger partial charge in [-0.15, -0.1) is 0 Å². The summed E-state index contributed by atoms with van der Waals surface area (Å²) in [6.45, 7) is 3.65. The van der Waals surface area contributed by atoms with Crippen molar-refractivity contribution in [3.8, 4) is 0 Å². The van der Waals surface area contributed by atoms with Crippen LogP contribution >= 0.6 is 0 Å². The molecule has 0 saturated heterocycles. The van der Waals surface area contributed by atoms with E-state index in [0.717, 1.165) is 11.1 Å². The lowest BCUT2D eigenvalue weighted by molar-refractivity contribution is 0.0376. The maximum atomic E-state index is 8.85. The first-order valence-corrected chi connectivity index (χ1v) is 2.68. The fraction of sp³-hybridized carbons (Fsp3) is 0.667. The number of aliphatic hydroxyl groups is 2. The zero-order chi connectivity index (χ0) is 6.31. The smallest absolute Gasteiger partial charge is 0.105 e. The first-order valence-electron chi connectivity index (χ1n) is 2.68. The molecule has 0 heterocycles. The molecule has 0 aromatic heterocycles. The number of aliphatic hydroxyl groups excluding tert-OH is 2. The zero-order valence-corrected chi connectivity index (χ0v) is 5.05. The summed E-state index contributed by atoms with van der Waals surface area (Å²) in [5, 5.41) is 17.7. The number of hydrogen-bond acceptors (Lipinski definition) is 2. The molecule has 1 aliphatic carbocycles. The lowest BCUT2D eigenvalue weighted by Gasteiger charge is -2.31. The van der Waals surface area contributed by atoms with E-state index in [2.05, 4.69) is 0 Å². The Morgan fingerprint density at radius 3 is 1.38 bits per heavy atom. The van der Waals surface area contributed by atoms with Crippen LogP contribution in [0, 0.1) is 0 Å². The third-order valence-electron chi connectivity index (χ3n) is 1.81. The van der Waals surface area contributed by atoms with Gasteiger partial charge >= 0.3 is 0 Å². The maximum absolute atomic E-state index is 8.85. The normalized spacial score (nSPS) is 37.5. The second-order valence-corrected chi connectivity index (χ2v) is 2.26. The minimum atomic E-state index is -0.588. The van der Waals surface area contributed by atoms with Crippen LogP contribution in [-0.4, -0.2) is 22.4 Å². The van der Waals surface area contributed by atoms with Crippen LogP contribution in [0.3, 0.4) is 0 Å². The molecular weight excluding hydrogens is 104 g/mol. The van der Waals surface area contributed by atoms with Crippen LogP contribution in [0.2, 0.25) is 0 Å². The van der Waals surface area contributed by atoms with Crippen LogP contribution in [0.4, 0.5) is 0 Å². The van der Waals surface area contributed by atoms with E-state index in [0.29, 0.717) is 0 Å². The average molecular weight is 114 g/mol. The lowest BCUT2D eigenvalue weighted by Crippen LogP contribution is -2.38. The molecule has 0 aromatic carbocycles. The van der Waals surface area contributed by atoms with E-state index in [1.165, 1.54) is 0 Å². The molecule has 8 heavy (non-hydrogen) atoms. The fourth-order valence-electron chi connectivity index (χ4n) is 0.844. The third-order valence-corrected chi connectivity index (χ3v) is 1.81. The molecule has 0 saturated carbocycles. The van der Waals surface area contributed by atoms with Gasteiger partial charge in [-0.3, -0.25) is 0 Å². The van der Waals surface area contributed by atoms with E-state index in [1.54, 1.807) is 0 Å². The van der Waals surface area contributed by atoms with E-state index in [1.807, 2.05) is 13.8 Å². The van der Waals surface area contributed by atoms with Crippen LogP contribution in [0.15, 0.2) is 11.1 Å². The summed E-state index contributed by atoms with van der Waals surface area (Å²) in [5.41, 5.74) is 1.83. The van der Waals surface area contributed by atoms with Gasteiger partial charge in [0.05, 0.1) is 0 Å². The van der Waals surface area contributed by atoms with Crippen LogP contribution in [-0.2, 0) is 0 Å². The fourth-order valence-corrected chi connectivity index (χ4v) is 0.844. The van der Waals surface area contributed by atoms with E-state index >= 15 is 0 Å². The Morgan fingerprint density at radius 1 is 1.00 bits per heavy atom. The molecule has 2 N–H and O–H groups in total.